The van der Waals surface area contributed by atoms with Crippen LogP contribution in [0.15, 0.2) is 83.5 Å². The van der Waals surface area contributed by atoms with Crippen molar-refractivity contribution in [3.05, 3.63) is 84.1 Å². The summed E-state index contributed by atoms with van der Waals surface area (Å²) in [6.07, 6.45) is 1.71. The predicted octanol–water partition coefficient (Wildman–Crippen LogP) is 5.22. The molecule has 0 aliphatic carbocycles. The van der Waals surface area contributed by atoms with E-state index in [9.17, 15) is 9.59 Å². The first-order chi connectivity index (χ1) is 18.0. The highest BCUT2D eigenvalue weighted by Gasteiger charge is 2.32. The maximum atomic E-state index is 13.4. The second kappa shape index (κ2) is 12.1. The molecule has 0 saturated heterocycles. The molecule has 0 aromatic heterocycles. The summed E-state index contributed by atoms with van der Waals surface area (Å²) in [7, 11) is 3.14. The van der Waals surface area contributed by atoms with Gasteiger partial charge in [-0.25, -0.2) is 4.99 Å². The molecule has 0 fully saturated rings. The molecule has 1 aliphatic heterocycles. The number of amidine groups is 1. The van der Waals surface area contributed by atoms with Crippen molar-refractivity contribution in [1.82, 2.24) is 0 Å². The average Bonchev–Trinajstić information content (AvgIpc) is 3.23. The summed E-state index contributed by atoms with van der Waals surface area (Å²) in [4.78, 5) is 32.2. The highest BCUT2D eigenvalue weighted by Crippen LogP contribution is 2.31. The predicted molar refractivity (Wildman–Crippen MR) is 148 cm³/mol. The lowest BCUT2D eigenvalue weighted by Gasteiger charge is -2.18. The summed E-state index contributed by atoms with van der Waals surface area (Å²) in [5.74, 6) is 1.51. The molecule has 37 heavy (non-hydrogen) atoms. The molecule has 1 N–H and O–H groups in total. The number of hydrogen-bond acceptors (Lipinski definition) is 7. The fraction of sp³-hybridized carbons (Fsp3) is 0.179. The summed E-state index contributed by atoms with van der Waals surface area (Å²) in [5.41, 5.74) is 2.28. The number of benzene rings is 3. The van der Waals surface area contributed by atoms with Gasteiger partial charge in [0, 0.05) is 0 Å². The van der Waals surface area contributed by atoms with Gasteiger partial charge in [-0.05, 0) is 67.1 Å². The number of ether oxygens (including phenoxy) is 3. The monoisotopic (exact) mass is 517 g/mol. The molecule has 0 radical (unpaired) electrons. The number of rotatable bonds is 9. The van der Waals surface area contributed by atoms with Gasteiger partial charge in [0.25, 0.3) is 5.91 Å². The first-order valence-corrected chi connectivity index (χ1v) is 12.6. The second-order valence-electron chi connectivity index (χ2n) is 7.80. The van der Waals surface area contributed by atoms with Crippen LogP contribution in [0.5, 0.6) is 17.2 Å². The van der Waals surface area contributed by atoms with Crippen LogP contribution in [0.25, 0.3) is 6.08 Å². The van der Waals surface area contributed by atoms with Gasteiger partial charge in [0.15, 0.2) is 5.17 Å². The molecular weight excluding hydrogens is 490 g/mol. The van der Waals surface area contributed by atoms with Gasteiger partial charge in [0.05, 0.1) is 38.0 Å². The Labute approximate surface area is 219 Å². The Balaban J connectivity index is 1.57. The molecule has 1 aliphatic rings. The minimum absolute atomic E-state index is 0.0491. The zero-order chi connectivity index (χ0) is 26.2. The Bertz CT molecular complexity index is 1320. The standard InChI is InChI=1S/C28H27N3O5S/c1-4-36-22-15-11-20(12-16-22)31-27(33)24(17-19-9-13-21(34-2)14-10-19)30-28(31)37-18-26(32)29-23-7-5-6-8-25(23)35-3/h5-17H,4,18H2,1-3H3,(H,29,32). The van der Waals surface area contributed by atoms with Gasteiger partial charge in [-0.2, -0.15) is 0 Å². The number of aliphatic imine (C=N–C) groups is 1. The number of carbonyl (C=O) groups is 2. The van der Waals surface area contributed by atoms with E-state index in [-0.39, 0.29) is 23.3 Å². The molecule has 190 valence electrons. The van der Waals surface area contributed by atoms with Gasteiger partial charge in [-0.15, -0.1) is 0 Å². The van der Waals surface area contributed by atoms with Crippen LogP contribution in [-0.2, 0) is 9.59 Å². The van der Waals surface area contributed by atoms with E-state index >= 15 is 0 Å². The lowest BCUT2D eigenvalue weighted by atomic mass is 10.2. The molecule has 3 aromatic carbocycles. The van der Waals surface area contributed by atoms with Crippen molar-refractivity contribution in [2.24, 2.45) is 4.99 Å². The van der Waals surface area contributed by atoms with Crippen molar-refractivity contribution in [3.8, 4) is 17.2 Å². The molecule has 3 aromatic rings. The molecule has 4 rings (SSSR count). The van der Waals surface area contributed by atoms with Gasteiger partial charge in [-0.3, -0.25) is 14.5 Å². The minimum atomic E-state index is -0.285. The molecule has 9 heteroatoms. The number of hydrogen-bond donors (Lipinski definition) is 1. The Hall–Kier alpha value is -4.24. The molecule has 8 nitrogen and oxygen atoms in total. The van der Waals surface area contributed by atoms with E-state index in [0.29, 0.717) is 34.6 Å². The van der Waals surface area contributed by atoms with Crippen molar-refractivity contribution in [1.29, 1.82) is 0 Å². The normalized spacial score (nSPS) is 13.9. The van der Waals surface area contributed by atoms with E-state index in [1.54, 1.807) is 56.7 Å². The zero-order valence-corrected chi connectivity index (χ0v) is 21.6. The summed E-state index contributed by atoms with van der Waals surface area (Å²) >= 11 is 1.18. The van der Waals surface area contributed by atoms with Crippen LogP contribution in [-0.4, -0.2) is 43.6 Å². The molecule has 0 saturated carbocycles. The lowest BCUT2D eigenvalue weighted by molar-refractivity contribution is -0.114. The summed E-state index contributed by atoms with van der Waals surface area (Å²) in [6, 6.07) is 21.7. The van der Waals surface area contributed by atoms with E-state index in [4.69, 9.17) is 14.2 Å². The molecule has 0 bridgehead atoms. The van der Waals surface area contributed by atoms with Crippen LogP contribution in [0.2, 0.25) is 0 Å². The van der Waals surface area contributed by atoms with Crippen LogP contribution in [0.1, 0.15) is 12.5 Å². The molecule has 2 amide bonds. The van der Waals surface area contributed by atoms with Crippen LogP contribution >= 0.6 is 11.8 Å². The fourth-order valence-corrected chi connectivity index (χ4v) is 4.41. The van der Waals surface area contributed by atoms with Gasteiger partial charge in [0.1, 0.15) is 22.9 Å². The van der Waals surface area contributed by atoms with Gasteiger partial charge < -0.3 is 19.5 Å². The number of thioether (sulfide) groups is 1. The number of methoxy groups -OCH3 is 2. The van der Waals surface area contributed by atoms with Gasteiger partial charge in [0.2, 0.25) is 5.91 Å². The largest absolute Gasteiger partial charge is 0.497 e. The number of carbonyl (C=O) groups excluding carboxylic acids is 2. The molecule has 0 unspecified atom stereocenters. The van der Waals surface area contributed by atoms with E-state index < -0.39 is 0 Å². The maximum absolute atomic E-state index is 13.4. The first kappa shape index (κ1) is 25.8. The van der Waals surface area contributed by atoms with Crippen molar-refractivity contribution < 1.29 is 23.8 Å². The third-order valence-electron chi connectivity index (χ3n) is 5.37. The topological polar surface area (TPSA) is 89.5 Å². The van der Waals surface area contributed by atoms with Crippen molar-refractivity contribution in [2.45, 2.75) is 6.92 Å². The highest BCUT2D eigenvalue weighted by molar-refractivity contribution is 8.14. The first-order valence-electron chi connectivity index (χ1n) is 11.6. The Morgan fingerprint density at radius 3 is 2.35 bits per heavy atom. The van der Waals surface area contributed by atoms with Crippen molar-refractivity contribution in [2.75, 3.05) is 36.8 Å². The van der Waals surface area contributed by atoms with E-state index in [1.165, 1.54) is 16.7 Å². The summed E-state index contributed by atoms with van der Waals surface area (Å²) in [6.45, 7) is 2.45. The van der Waals surface area contributed by atoms with Gasteiger partial charge >= 0.3 is 0 Å². The Kier molecular flexibility index (Phi) is 8.48. The molecular formula is C28H27N3O5S. The number of nitrogens with one attached hydrogen (secondary N) is 1. The number of para-hydroxylation sites is 2. The van der Waals surface area contributed by atoms with Crippen molar-refractivity contribution in [3.63, 3.8) is 0 Å². The zero-order valence-electron chi connectivity index (χ0n) is 20.8. The lowest BCUT2D eigenvalue weighted by Crippen LogP contribution is -2.31. The maximum Gasteiger partial charge on any atom is 0.283 e. The average molecular weight is 518 g/mol. The smallest absolute Gasteiger partial charge is 0.283 e. The Morgan fingerprint density at radius 1 is 0.973 bits per heavy atom. The third kappa shape index (κ3) is 6.31. The van der Waals surface area contributed by atoms with E-state index in [1.807, 2.05) is 43.3 Å². The molecule has 0 spiro atoms. The van der Waals surface area contributed by atoms with Crippen LogP contribution in [0, 0.1) is 0 Å². The van der Waals surface area contributed by atoms with Crippen LogP contribution in [0.4, 0.5) is 11.4 Å². The molecule has 1 heterocycles. The van der Waals surface area contributed by atoms with E-state index in [0.717, 1.165) is 11.3 Å². The highest BCUT2D eigenvalue weighted by atomic mass is 32.2. The summed E-state index contributed by atoms with van der Waals surface area (Å²) < 4.78 is 16.0. The quantitative estimate of drug-likeness (QED) is 0.392. The fourth-order valence-electron chi connectivity index (χ4n) is 3.60. The number of nitrogens with zero attached hydrogens (tertiary/aromatic N) is 2. The summed E-state index contributed by atoms with van der Waals surface area (Å²) in [5, 5.41) is 3.25. The Morgan fingerprint density at radius 2 is 1.68 bits per heavy atom. The van der Waals surface area contributed by atoms with E-state index in [2.05, 4.69) is 10.3 Å². The van der Waals surface area contributed by atoms with Crippen LogP contribution in [0.3, 0.4) is 0 Å². The molecule has 0 atom stereocenters. The second-order valence-corrected chi connectivity index (χ2v) is 8.74. The third-order valence-corrected chi connectivity index (χ3v) is 6.31. The number of anilines is 2. The van der Waals surface area contributed by atoms with Crippen LogP contribution < -0.4 is 24.4 Å². The number of amides is 2. The minimum Gasteiger partial charge on any atom is -0.497 e. The SMILES string of the molecule is CCOc1ccc(N2C(=O)C(=Cc3ccc(OC)cc3)N=C2SCC(=O)Nc2ccccc2OC)cc1. The van der Waals surface area contributed by atoms with Crippen molar-refractivity contribution >= 4 is 46.2 Å². The van der Waals surface area contributed by atoms with Gasteiger partial charge in [-0.1, -0.05) is 36.0 Å².